The van der Waals surface area contributed by atoms with Gasteiger partial charge in [0.2, 0.25) is 0 Å². The van der Waals surface area contributed by atoms with Crippen LogP contribution in [0.4, 0.5) is 10.5 Å². The molecule has 3 aromatic carbocycles. The number of benzene rings is 3. The van der Waals surface area contributed by atoms with Crippen molar-refractivity contribution in [3.05, 3.63) is 101 Å². The molecule has 3 aromatic rings. The summed E-state index contributed by atoms with van der Waals surface area (Å²) in [6, 6.07) is 24.1. The molecule has 0 bridgehead atoms. The van der Waals surface area contributed by atoms with E-state index in [0.29, 0.717) is 16.8 Å². The molecule has 0 radical (unpaired) electrons. The third-order valence-electron chi connectivity index (χ3n) is 5.53. The lowest BCUT2D eigenvalue weighted by atomic mass is 9.92. The normalized spacial score (nSPS) is 17.7. The number of amides is 4. The van der Waals surface area contributed by atoms with Crippen LogP contribution in [0.1, 0.15) is 34.0 Å². The van der Waals surface area contributed by atoms with Crippen molar-refractivity contribution >= 4 is 23.5 Å². The summed E-state index contributed by atoms with van der Waals surface area (Å²) in [5.74, 6) is -0.641. The van der Waals surface area contributed by atoms with E-state index in [0.717, 1.165) is 18.4 Å². The molecule has 0 unspecified atom stereocenters. The fourth-order valence-corrected chi connectivity index (χ4v) is 3.74. The Morgan fingerprint density at radius 2 is 1.65 bits per heavy atom. The standard InChI is InChI=1S/C25H23N3O3/c1-25(23(30)27-24(31)28-25)19-11-7-12-20(16-19)26-22(29)21-13-6-5-10-18(21)15-14-17-8-3-2-4-9-17/h2-13,16H,14-15H2,1H3,(H,26,29)(H2,27,28,30,31)/t25-/m1/s1. The van der Waals surface area contributed by atoms with E-state index in [1.165, 1.54) is 5.56 Å². The number of imide groups is 1. The maximum absolute atomic E-state index is 13.0. The molecule has 6 heteroatoms. The van der Waals surface area contributed by atoms with Gasteiger partial charge in [0.25, 0.3) is 11.8 Å². The molecule has 4 amide bonds. The van der Waals surface area contributed by atoms with Crippen molar-refractivity contribution < 1.29 is 14.4 Å². The zero-order valence-corrected chi connectivity index (χ0v) is 17.1. The molecule has 0 saturated carbocycles. The Kier molecular flexibility index (Phi) is 5.54. The maximum Gasteiger partial charge on any atom is 0.322 e. The average Bonchev–Trinajstić information content (AvgIpc) is 3.05. The number of anilines is 1. The molecule has 0 aliphatic carbocycles. The minimum Gasteiger partial charge on any atom is -0.322 e. The van der Waals surface area contributed by atoms with Gasteiger partial charge in [-0.15, -0.1) is 0 Å². The quantitative estimate of drug-likeness (QED) is 0.538. The van der Waals surface area contributed by atoms with Gasteiger partial charge in [0, 0.05) is 11.3 Å². The van der Waals surface area contributed by atoms with Gasteiger partial charge >= 0.3 is 6.03 Å². The van der Waals surface area contributed by atoms with E-state index in [2.05, 4.69) is 28.1 Å². The van der Waals surface area contributed by atoms with Crippen molar-refractivity contribution in [3.8, 4) is 0 Å². The van der Waals surface area contributed by atoms with E-state index in [9.17, 15) is 14.4 Å². The smallest absolute Gasteiger partial charge is 0.322 e. The molecular weight excluding hydrogens is 390 g/mol. The minimum absolute atomic E-state index is 0.217. The fraction of sp³-hybridized carbons (Fsp3) is 0.160. The van der Waals surface area contributed by atoms with E-state index in [1.807, 2.05) is 42.5 Å². The molecule has 1 atom stereocenters. The van der Waals surface area contributed by atoms with Gasteiger partial charge in [-0.25, -0.2) is 4.79 Å². The summed E-state index contributed by atoms with van der Waals surface area (Å²) in [6.45, 7) is 1.63. The number of hydrogen-bond donors (Lipinski definition) is 3. The summed E-state index contributed by atoms with van der Waals surface area (Å²) in [6.07, 6.45) is 1.59. The first-order valence-corrected chi connectivity index (χ1v) is 10.1. The lowest BCUT2D eigenvalue weighted by Crippen LogP contribution is -2.40. The van der Waals surface area contributed by atoms with Crippen LogP contribution >= 0.6 is 0 Å². The number of carbonyl (C=O) groups excluding carboxylic acids is 3. The summed E-state index contributed by atoms with van der Waals surface area (Å²) < 4.78 is 0. The Balaban J connectivity index is 1.52. The molecule has 1 fully saturated rings. The highest BCUT2D eigenvalue weighted by atomic mass is 16.2. The van der Waals surface area contributed by atoms with Crippen LogP contribution in [0.2, 0.25) is 0 Å². The van der Waals surface area contributed by atoms with Gasteiger partial charge in [0.1, 0.15) is 5.54 Å². The van der Waals surface area contributed by atoms with Crippen molar-refractivity contribution in [3.63, 3.8) is 0 Å². The van der Waals surface area contributed by atoms with Gasteiger partial charge in [-0.05, 0) is 54.7 Å². The summed E-state index contributed by atoms with van der Waals surface area (Å²) in [5, 5.41) is 7.81. The average molecular weight is 413 g/mol. The number of nitrogens with one attached hydrogen (secondary N) is 3. The Hall–Kier alpha value is -3.93. The van der Waals surface area contributed by atoms with Gasteiger partial charge in [-0.2, -0.15) is 0 Å². The highest BCUT2D eigenvalue weighted by Crippen LogP contribution is 2.27. The molecule has 156 valence electrons. The van der Waals surface area contributed by atoms with Crippen LogP contribution in [0, 0.1) is 0 Å². The first-order valence-electron chi connectivity index (χ1n) is 10.1. The molecule has 6 nitrogen and oxygen atoms in total. The van der Waals surface area contributed by atoms with Crippen LogP contribution < -0.4 is 16.0 Å². The molecular formula is C25H23N3O3. The van der Waals surface area contributed by atoms with E-state index >= 15 is 0 Å². The zero-order valence-electron chi connectivity index (χ0n) is 17.1. The molecule has 4 rings (SSSR count). The number of hydrogen-bond acceptors (Lipinski definition) is 3. The number of aryl methyl sites for hydroxylation is 2. The number of rotatable bonds is 6. The largest absolute Gasteiger partial charge is 0.322 e. The predicted octanol–water partition coefficient (Wildman–Crippen LogP) is 3.78. The van der Waals surface area contributed by atoms with Crippen molar-refractivity contribution in [1.82, 2.24) is 10.6 Å². The van der Waals surface area contributed by atoms with Gasteiger partial charge in [-0.3, -0.25) is 14.9 Å². The molecule has 0 aromatic heterocycles. The van der Waals surface area contributed by atoms with Crippen LogP contribution in [-0.4, -0.2) is 17.8 Å². The molecule has 31 heavy (non-hydrogen) atoms. The molecule has 1 heterocycles. The van der Waals surface area contributed by atoms with Gasteiger partial charge in [0.05, 0.1) is 0 Å². The molecule has 1 saturated heterocycles. The third-order valence-corrected chi connectivity index (χ3v) is 5.53. The second kappa shape index (κ2) is 8.44. The monoisotopic (exact) mass is 413 g/mol. The summed E-state index contributed by atoms with van der Waals surface area (Å²) >= 11 is 0. The van der Waals surface area contributed by atoms with Crippen LogP contribution in [0.25, 0.3) is 0 Å². The van der Waals surface area contributed by atoms with E-state index < -0.39 is 17.5 Å². The second-order valence-corrected chi connectivity index (χ2v) is 7.71. The summed E-state index contributed by atoms with van der Waals surface area (Å²) in [7, 11) is 0. The first kappa shape index (κ1) is 20.3. The number of urea groups is 1. The topological polar surface area (TPSA) is 87.3 Å². The third kappa shape index (κ3) is 4.33. The Bertz CT molecular complexity index is 1140. The molecule has 3 N–H and O–H groups in total. The van der Waals surface area contributed by atoms with Gasteiger partial charge in [-0.1, -0.05) is 60.7 Å². The lowest BCUT2D eigenvalue weighted by molar-refractivity contribution is -0.123. The zero-order chi connectivity index (χ0) is 21.8. The lowest BCUT2D eigenvalue weighted by Gasteiger charge is -2.21. The van der Waals surface area contributed by atoms with E-state index in [1.54, 1.807) is 31.2 Å². The predicted molar refractivity (Wildman–Crippen MR) is 119 cm³/mol. The molecule has 0 spiro atoms. The van der Waals surface area contributed by atoms with Gasteiger partial charge < -0.3 is 10.6 Å². The van der Waals surface area contributed by atoms with Crippen LogP contribution in [0.3, 0.4) is 0 Å². The highest BCUT2D eigenvalue weighted by Gasteiger charge is 2.43. The maximum atomic E-state index is 13.0. The Labute approximate surface area is 180 Å². The SMILES string of the molecule is C[C@]1(c2cccc(NC(=O)c3ccccc3CCc3ccccc3)c2)NC(=O)NC1=O. The van der Waals surface area contributed by atoms with Crippen molar-refractivity contribution in [1.29, 1.82) is 0 Å². The second-order valence-electron chi connectivity index (χ2n) is 7.71. The number of carbonyl (C=O) groups is 3. The van der Waals surface area contributed by atoms with E-state index in [4.69, 9.17) is 0 Å². The van der Waals surface area contributed by atoms with Crippen molar-refractivity contribution in [2.45, 2.75) is 25.3 Å². The Morgan fingerprint density at radius 1 is 0.903 bits per heavy atom. The summed E-state index contributed by atoms with van der Waals surface area (Å²) in [5.41, 5.74) is 2.76. The van der Waals surface area contributed by atoms with Crippen LogP contribution in [0.15, 0.2) is 78.9 Å². The van der Waals surface area contributed by atoms with Crippen molar-refractivity contribution in [2.24, 2.45) is 0 Å². The minimum atomic E-state index is -1.18. The van der Waals surface area contributed by atoms with Crippen LogP contribution in [-0.2, 0) is 23.2 Å². The van der Waals surface area contributed by atoms with Crippen molar-refractivity contribution in [2.75, 3.05) is 5.32 Å². The highest BCUT2D eigenvalue weighted by molar-refractivity contribution is 6.08. The fourth-order valence-electron chi connectivity index (χ4n) is 3.74. The van der Waals surface area contributed by atoms with Crippen LogP contribution in [0.5, 0.6) is 0 Å². The first-order chi connectivity index (χ1) is 15.0. The van der Waals surface area contributed by atoms with E-state index in [-0.39, 0.29) is 5.91 Å². The summed E-state index contributed by atoms with van der Waals surface area (Å²) in [4.78, 5) is 36.8. The van der Waals surface area contributed by atoms with Gasteiger partial charge in [0.15, 0.2) is 0 Å². The molecule has 1 aliphatic rings. The molecule has 1 aliphatic heterocycles. The Morgan fingerprint density at radius 3 is 2.39 bits per heavy atom.